The second kappa shape index (κ2) is 5.89. The summed E-state index contributed by atoms with van der Waals surface area (Å²) in [5, 5.41) is 14.8. The highest BCUT2D eigenvalue weighted by Gasteiger charge is 2.11. The van der Waals surface area contributed by atoms with E-state index in [2.05, 4.69) is 5.32 Å². The lowest BCUT2D eigenvalue weighted by Crippen LogP contribution is -2.32. The molecule has 6 nitrogen and oxygen atoms in total. The van der Waals surface area contributed by atoms with Crippen LogP contribution < -0.4 is 10.6 Å². The Hall–Kier alpha value is -2.25. The molecule has 0 fully saturated rings. The number of carbonyl (C=O) groups is 1. The van der Waals surface area contributed by atoms with Crippen LogP contribution in [0.25, 0.3) is 0 Å². The maximum atomic E-state index is 11.8. The summed E-state index contributed by atoms with van der Waals surface area (Å²) in [5.74, 6) is 0. The first kappa shape index (κ1) is 13.8. The highest BCUT2D eigenvalue weighted by Crippen LogP contribution is 2.21. The van der Waals surface area contributed by atoms with E-state index in [4.69, 9.17) is 0 Å². The zero-order chi connectivity index (χ0) is 13.7. The number of halogens is 2. The molecule has 0 saturated carbocycles. The molecule has 0 radical (unpaired) electrons. The third-order valence-corrected chi connectivity index (χ3v) is 2.07. The minimum absolute atomic E-state index is 0.0754. The monoisotopic (exact) mass is 259 g/mol. The third-order valence-electron chi connectivity index (χ3n) is 2.07. The molecule has 18 heavy (non-hydrogen) atoms. The number of nitro groups is 1. The third kappa shape index (κ3) is 3.96. The number of anilines is 1. The summed E-state index contributed by atoms with van der Waals surface area (Å²) < 4.78 is 23.6. The second-order valence-electron chi connectivity index (χ2n) is 3.48. The molecule has 2 amide bonds. The van der Waals surface area contributed by atoms with Crippen molar-refractivity contribution in [3.05, 3.63) is 33.9 Å². The van der Waals surface area contributed by atoms with Crippen molar-refractivity contribution >= 4 is 17.4 Å². The molecule has 0 aromatic heterocycles. The van der Waals surface area contributed by atoms with Gasteiger partial charge in [-0.3, -0.25) is 10.1 Å². The van der Waals surface area contributed by atoms with Crippen LogP contribution in [0.2, 0.25) is 0 Å². The number of benzene rings is 1. The molecule has 0 heterocycles. The van der Waals surface area contributed by atoms with Crippen LogP contribution in [0.4, 0.5) is 25.0 Å². The predicted molar refractivity (Wildman–Crippen MR) is 60.9 cm³/mol. The normalized spacial score (nSPS) is 10.2. The van der Waals surface area contributed by atoms with Gasteiger partial charge in [-0.25, -0.2) is 13.6 Å². The lowest BCUT2D eigenvalue weighted by atomic mass is 10.2. The zero-order valence-corrected chi connectivity index (χ0v) is 9.44. The van der Waals surface area contributed by atoms with Gasteiger partial charge >= 0.3 is 6.03 Å². The van der Waals surface area contributed by atoms with Gasteiger partial charge in [-0.15, -0.1) is 0 Å². The topological polar surface area (TPSA) is 84.3 Å². The number of amides is 2. The van der Waals surface area contributed by atoms with Crippen molar-refractivity contribution < 1.29 is 18.5 Å². The van der Waals surface area contributed by atoms with Crippen LogP contribution in [0.15, 0.2) is 18.2 Å². The highest BCUT2D eigenvalue weighted by atomic mass is 19.3. The molecule has 0 bridgehead atoms. The first-order valence-corrected chi connectivity index (χ1v) is 4.98. The molecular formula is C10H11F2N3O3. The van der Waals surface area contributed by atoms with Crippen molar-refractivity contribution in [2.45, 2.75) is 13.3 Å². The molecule has 1 aromatic carbocycles. The van der Waals surface area contributed by atoms with Gasteiger partial charge in [0.05, 0.1) is 11.5 Å². The van der Waals surface area contributed by atoms with Crippen LogP contribution in [0.1, 0.15) is 5.56 Å². The van der Waals surface area contributed by atoms with E-state index in [1.165, 1.54) is 25.1 Å². The molecule has 1 rings (SSSR count). The van der Waals surface area contributed by atoms with Gasteiger partial charge in [0.2, 0.25) is 0 Å². The smallest absolute Gasteiger partial charge is 0.319 e. The molecular weight excluding hydrogens is 248 g/mol. The van der Waals surface area contributed by atoms with Gasteiger partial charge in [0.1, 0.15) is 0 Å². The number of hydrogen-bond donors (Lipinski definition) is 2. The second-order valence-corrected chi connectivity index (χ2v) is 3.48. The standard InChI is InChI=1S/C10H11F2N3O3/c1-6-4-7(2-3-8(6)15(17)18)14-10(16)13-5-9(11)12/h2-4,9H,5H2,1H3,(H2,13,14,16). The van der Waals surface area contributed by atoms with E-state index >= 15 is 0 Å². The number of nitrogens with zero attached hydrogens (tertiary/aromatic N) is 1. The average Bonchev–Trinajstić information content (AvgIpc) is 2.26. The Balaban J connectivity index is 2.66. The van der Waals surface area contributed by atoms with Crippen LogP contribution >= 0.6 is 0 Å². The Kier molecular flexibility index (Phi) is 4.52. The van der Waals surface area contributed by atoms with Crippen LogP contribution in [0.3, 0.4) is 0 Å². The fraction of sp³-hybridized carbons (Fsp3) is 0.300. The Morgan fingerprint density at radius 1 is 1.50 bits per heavy atom. The van der Waals surface area contributed by atoms with Gasteiger partial charge in [-0.1, -0.05) is 0 Å². The van der Waals surface area contributed by atoms with Gasteiger partial charge in [-0.2, -0.15) is 0 Å². The fourth-order valence-corrected chi connectivity index (χ4v) is 1.28. The highest BCUT2D eigenvalue weighted by molar-refractivity contribution is 5.89. The molecule has 98 valence electrons. The van der Waals surface area contributed by atoms with E-state index in [1.54, 1.807) is 0 Å². The molecule has 0 atom stereocenters. The summed E-state index contributed by atoms with van der Waals surface area (Å²) in [7, 11) is 0. The van der Waals surface area contributed by atoms with Gasteiger partial charge in [-0.05, 0) is 19.1 Å². The zero-order valence-electron chi connectivity index (χ0n) is 9.44. The van der Waals surface area contributed by atoms with E-state index in [0.717, 1.165) is 0 Å². The average molecular weight is 259 g/mol. The minimum Gasteiger partial charge on any atom is -0.332 e. The summed E-state index contributed by atoms with van der Waals surface area (Å²) >= 11 is 0. The number of nitro benzene ring substituents is 1. The number of carbonyl (C=O) groups excluding carboxylic acids is 1. The lowest BCUT2D eigenvalue weighted by Gasteiger charge is -2.07. The van der Waals surface area contributed by atoms with Crippen LogP contribution in [0, 0.1) is 17.0 Å². The number of rotatable bonds is 4. The van der Waals surface area contributed by atoms with E-state index in [-0.39, 0.29) is 5.69 Å². The molecule has 2 N–H and O–H groups in total. The minimum atomic E-state index is -2.63. The SMILES string of the molecule is Cc1cc(NC(=O)NCC(F)F)ccc1[N+](=O)[O-]. The van der Waals surface area contributed by atoms with Crippen LogP contribution in [-0.2, 0) is 0 Å². The van der Waals surface area contributed by atoms with Crippen molar-refractivity contribution in [2.24, 2.45) is 0 Å². The van der Waals surface area contributed by atoms with E-state index in [0.29, 0.717) is 11.3 Å². The van der Waals surface area contributed by atoms with Crippen LogP contribution in [0.5, 0.6) is 0 Å². The summed E-state index contributed by atoms with van der Waals surface area (Å²) in [5.41, 5.74) is 0.588. The Labute approximate surface area is 101 Å². The maximum absolute atomic E-state index is 11.8. The molecule has 8 heteroatoms. The lowest BCUT2D eigenvalue weighted by molar-refractivity contribution is -0.385. The van der Waals surface area contributed by atoms with Crippen molar-refractivity contribution in [3.63, 3.8) is 0 Å². The summed E-state index contributed by atoms with van der Waals surface area (Å²) in [6.45, 7) is 0.762. The van der Waals surface area contributed by atoms with Gasteiger partial charge in [0.15, 0.2) is 0 Å². The molecule has 1 aromatic rings. The van der Waals surface area contributed by atoms with Gasteiger partial charge in [0, 0.05) is 17.3 Å². The molecule has 0 saturated heterocycles. The predicted octanol–water partition coefficient (Wildman–Crippen LogP) is 2.29. The summed E-state index contributed by atoms with van der Waals surface area (Å²) in [4.78, 5) is 21.2. The molecule has 0 aliphatic carbocycles. The molecule has 0 aliphatic rings. The Bertz CT molecular complexity index is 466. The van der Waals surface area contributed by atoms with E-state index in [1.807, 2.05) is 5.32 Å². The van der Waals surface area contributed by atoms with Crippen molar-refractivity contribution in [1.29, 1.82) is 0 Å². The number of alkyl halides is 2. The number of nitrogens with one attached hydrogen (secondary N) is 2. The molecule has 0 spiro atoms. The summed E-state index contributed by atoms with van der Waals surface area (Å²) in [6, 6.07) is 3.16. The Morgan fingerprint density at radius 2 is 2.17 bits per heavy atom. The first-order valence-electron chi connectivity index (χ1n) is 4.98. The van der Waals surface area contributed by atoms with Crippen molar-refractivity contribution in [2.75, 3.05) is 11.9 Å². The van der Waals surface area contributed by atoms with Gasteiger partial charge in [0.25, 0.3) is 12.1 Å². The largest absolute Gasteiger partial charge is 0.332 e. The van der Waals surface area contributed by atoms with E-state index < -0.39 is 23.9 Å². The summed E-state index contributed by atoms with van der Waals surface area (Å²) in [6.07, 6.45) is -2.63. The first-order chi connectivity index (χ1) is 8.40. The maximum Gasteiger partial charge on any atom is 0.319 e. The van der Waals surface area contributed by atoms with Crippen molar-refractivity contribution in [1.82, 2.24) is 5.32 Å². The number of urea groups is 1. The quantitative estimate of drug-likeness (QED) is 0.642. The van der Waals surface area contributed by atoms with Crippen molar-refractivity contribution in [3.8, 4) is 0 Å². The van der Waals surface area contributed by atoms with E-state index in [9.17, 15) is 23.7 Å². The number of aryl methyl sites for hydroxylation is 1. The fourth-order valence-electron chi connectivity index (χ4n) is 1.28. The Morgan fingerprint density at radius 3 is 2.67 bits per heavy atom. The molecule has 0 aliphatic heterocycles. The van der Waals surface area contributed by atoms with Crippen LogP contribution in [-0.4, -0.2) is 23.9 Å². The van der Waals surface area contributed by atoms with Gasteiger partial charge < -0.3 is 10.6 Å². The number of hydrogen-bond acceptors (Lipinski definition) is 3. The molecule has 0 unspecified atom stereocenters.